The third kappa shape index (κ3) is 2.32. The van der Waals surface area contributed by atoms with Crippen LogP contribution >= 0.6 is 0 Å². The Bertz CT molecular complexity index is 688. The van der Waals surface area contributed by atoms with E-state index in [2.05, 4.69) is 0 Å². The van der Waals surface area contributed by atoms with Crippen LogP contribution in [0.15, 0.2) is 36.5 Å². The number of halogens is 2. The molecule has 0 aliphatic carbocycles. The lowest BCUT2D eigenvalue weighted by atomic mass is 9.85. The minimum atomic E-state index is -1.06. The normalized spacial score (nSPS) is 11.2. The molecule has 5 heteroatoms. The summed E-state index contributed by atoms with van der Waals surface area (Å²) < 4.78 is 27.8. The van der Waals surface area contributed by atoms with E-state index in [1.54, 1.807) is 13.8 Å². The smallest absolute Gasteiger partial charge is 0.260 e. The van der Waals surface area contributed by atoms with Gasteiger partial charge in [0.2, 0.25) is 5.82 Å². The van der Waals surface area contributed by atoms with Gasteiger partial charge in [0.05, 0.1) is 17.0 Å². The summed E-state index contributed by atoms with van der Waals surface area (Å²) in [5.74, 6) is -1.24. The van der Waals surface area contributed by atoms with Crippen LogP contribution in [-0.4, -0.2) is 0 Å². The maximum Gasteiger partial charge on any atom is 0.260 e. The Morgan fingerprint density at radius 3 is 2.30 bits per heavy atom. The molecule has 1 aromatic carbocycles. The average molecular weight is 274 g/mol. The molecule has 0 bridgehead atoms. The Morgan fingerprint density at radius 1 is 1.15 bits per heavy atom. The van der Waals surface area contributed by atoms with Crippen LogP contribution in [-0.2, 0) is 5.41 Å². The van der Waals surface area contributed by atoms with Crippen molar-refractivity contribution in [3.63, 3.8) is 0 Å². The first-order valence-electron chi connectivity index (χ1n) is 5.96. The first-order chi connectivity index (χ1) is 9.36. The molecule has 2 rings (SSSR count). The van der Waals surface area contributed by atoms with Crippen molar-refractivity contribution in [2.45, 2.75) is 19.3 Å². The Hall–Kier alpha value is -2.48. The Kier molecular flexibility index (Phi) is 3.41. The molecule has 0 aliphatic heterocycles. The van der Waals surface area contributed by atoms with Crippen molar-refractivity contribution in [1.29, 1.82) is 5.26 Å². The molecular weight excluding hydrogens is 262 g/mol. The SMILES string of the molecule is CC(C)(C#N)c1cc[n+]([O-])c(-c2ccc(F)cc2)c1F. The number of hydrogen-bond acceptors (Lipinski definition) is 2. The van der Waals surface area contributed by atoms with Crippen LogP contribution in [0.5, 0.6) is 0 Å². The lowest BCUT2D eigenvalue weighted by Gasteiger charge is -2.17. The van der Waals surface area contributed by atoms with Gasteiger partial charge in [0.1, 0.15) is 5.82 Å². The molecule has 0 fully saturated rings. The minimum absolute atomic E-state index is 0.131. The molecule has 0 aliphatic rings. The molecule has 1 aromatic heterocycles. The van der Waals surface area contributed by atoms with Gasteiger partial charge in [0.15, 0.2) is 6.20 Å². The zero-order chi connectivity index (χ0) is 14.9. The van der Waals surface area contributed by atoms with E-state index < -0.39 is 17.0 Å². The second kappa shape index (κ2) is 4.89. The molecule has 3 nitrogen and oxygen atoms in total. The van der Waals surface area contributed by atoms with Gasteiger partial charge in [-0.3, -0.25) is 0 Å². The predicted molar refractivity (Wildman–Crippen MR) is 69.4 cm³/mol. The van der Waals surface area contributed by atoms with Crippen molar-refractivity contribution in [3.8, 4) is 17.3 Å². The van der Waals surface area contributed by atoms with E-state index in [1.165, 1.54) is 18.2 Å². The number of nitriles is 1. The first kappa shape index (κ1) is 13.9. The molecule has 0 atom stereocenters. The van der Waals surface area contributed by atoms with E-state index in [0.717, 1.165) is 18.3 Å². The minimum Gasteiger partial charge on any atom is -0.618 e. The van der Waals surface area contributed by atoms with Crippen molar-refractivity contribution in [2.75, 3.05) is 0 Å². The van der Waals surface area contributed by atoms with Gasteiger partial charge in [0, 0.05) is 11.6 Å². The van der Waals surface area contributed by atoms with Gasteiger partial charge in [-0.25, -0.2) is 4.39 Å². The molecule has 0 saturated carbocycles. The lowest BCUT2D eigenvalue weighted by molar-refractivity contribution is -0.595. The average Bonchev–Trinajstić information content (AvgIpc) is 2.40. The first-order valence-corrected chi connectivity index (χ1v) is 5.96. The van der Waals surface area contributed by atoms with E-state index in [9.17, 15) is 14.0 Å². The lowest BCUT2D eigenvalue weighted by Crippen LogP contribution is -2.32. The maximum atomic E-state index is 14.5. The van der Waals surface area contributed by atoms with Gasteiger partial charge in [0.25, 0.3) is 5.69 Å². The summed E-state index contributed by atoms with van der Waals surface area (Å²) >= 11 is 0. The van der Waals surface area contributed by atoms with E-state index in [1.807, 2.05) is 6.07 Å². The fourth-order valence-corrected chi connectivity index (χ4v) is 1.92. The molecular formula is C15H12F2N2O. The summed E-state index contributed by atoms with van der Waals surface area (Å²) in [5, 5.41) is 20.9. The molecule has 0 saturated heterocycles. The highest BCUT2D eigenvalue weighted by molar-refractivity contribution is 5.58. The summed E-state index contributed by atoms with van der Waals surface area (Å²) in [4.78, 5) is 0. The zero-order valence-electron chi connectivity index (χ0n) is 11.0. The van der Waals surface area contributed by atoms with Crippen LogP contribution < -0.4 is 4.73 Å². The number of hydrogen-bond donors (Lipinski definition) is 0. The molecule has 0 radical (unpaired) electrons. The highest BCUT2D eigenvalue weighted by Crippen LogP contribution is 2.29. The van der Waals surface area contributed by atoms with E-state index in [0.29, 0.717) is 4.73 Å². The summed E-state index contributed by atoms with van der Waals surface area (Å²) in [6, 6.07) is 8.23. The third-order valence-electron chi connectivity index (χ3n) is 3.11. The van der Waals surface area contributed by atoms with Gasteiger partial charge in [-0.1, -0.05) is 0 Å². The number of nitrogens with zero attached hydrogens (tertiary/aromatic N) is 2. The second-order valence-corrected chi connectivity index (χ2v) is 4.96. The molecule has 0 unspecified atom stereocenters. The van der Waals surface area contributed by atoms with Crippen LogP contribution in [0.1, 0.15) is 19.4 Å². The van der Waals surface area contributed by atoms with Crippen molar-refractivity contribution >= 4 is 0 Å². The van der Waals surface area contributed by atoms with Crippen LogP contribution in [0.25, 0.3) is 11.3 Å². The highest BCUT2D eigenvalue weighted by atomic mass is 19.1. The summed E-state index contributed by atoms with van der Waals surface area (Å²) in [6.45, 7) is 3.13. The fourth-order valence-electron chi connectivity index (χ4n) is 1.92. The number of aromatic nitrogens is 1. The van der Waals surface area contributed by atoms with Crippen LogP contribution in [0.4, 0.5) is 8.78 Å². The molecule has 102 valence electrons. The van der Waals surface area contributed by atoms with Gasteiger partial charge in [-0.05, 0) is 38.1 Å². The number of rotatable bonds is 2. The van der Waals surface area contributed by atoms with Crippen molar-refractivity contribution in [1.82, 2.24) is 0 Å². The summed E-state index contributed by atoms with van der Waals surface area (Å²) in [5.41, 5.74) is -0.889. The Labute approximate surface area is 115 Å². The Morgan fingerprint density at radius 2 is 1.75 bits per heavy atom. The van der Waals surface area contributed by atoms with Gasteiger partial charge in [-0.15, -0.1) is 0 Å². The molecule has 0 amide bonds. The topological polar surface area (TPSA) is 50.7 Å². The van der Waals surface area contributed by atoms with E-state index in [4.69, 9.17) is 5.26 Å². The standard InChI is InChI=1S/C15H12F2N2O/c1-15(2,9-18)12-7-8-19(20)14(13(12)17)10-3-5-11(16)6-4-10/h3-8H,1-2H3. The third-order valence-corrected chi connectivity index (χ3v) is 3.11. The van der Waals surface area contributed by atoms with Gasteiger partial charge >= 0.3 is 0 Å². The molecule has 20 heavy (non-hydrogen) atoms. The predicted octanol–water partition coefficient (Wildman–Crippen LogP) is 3.07. The zero-order valence-corrected chi connectivity index (χ0v) is 11.0. The van der Waals surface area contributed by atoms with Gasteiger partial charge < -0.3 is 5.21 Å². The second-order valence-electron chi connectivity index (χ2n) is 4.96. The van der Waals surface area contributed by atoms with Crippen molar-refractivity contribution in [3.05, 3.63) is 58.9 Å². The summed E-state index contributed by atoms with van der Waals surface area (Å²) in [7, 11) is 0. The molecule has 0 spiro atoms. The molecule has 0 N–H and O–H groups in total. The van der Waals surface area contributed by atoms with Crippen LogP contribution in [0.2, 0.25) is 0 Å². The quantitative estimate of drug-likeness (QED) is 0.624. The van der Waals surface area contributed by atoms with Crippen molar-refractivity contribution < 1.29 is 13.5 Å². The maximum absolute atomic E-state index is 14.5. The van der Waals surface area contributed by atoms with Gasteiger partial charge in [-0.2, -0.15) is 14.4 Å². The van der Waals surface area contributed by atoms with E-state index >= 15 is 0 Å². The molecule has 1 heterocycles. The highest BCUT2D eigenvalue weighted by Gasteiger charge is 2.29. The van der Waals surface area contributed by atoms with Crippen LogP contribution in [0.3, 0.4) is 0 Å². The van der Waals surface area contributed by atoms with Crippen LogP contribution in [0, 0.1) is 28.2 Å². The number of pyridine rings is 1. The largest absolute Gasteiger partial charge is 0.618 e. The fraction of sp³-hybridized carbons (Fsp3) is 0.200. The van der Waals surface area contributed by atoms with E-state index in [-0.39, 0.29) is 16.8 Å². The number of benzene rings is 1. The molecule has 2 aromatic rings. The monoisotopic (exact) mass is 274 g/mol. The summed E-state index contributed by atoms with van der Waals surface area (Å²) in [6.07, 6.45) is 1.15. The Balaban J connectivity index is 2.68. The van der Waals surface area contributed by atoms with Crippen molar-refractivity contribution in [2.24, 2.45) is 0 Å².